The predicted molar refractivity (Wildman–Crippen MR) is 93.0 cm³/mol. The van der Waals surface area contributed by atoms with Gasteiger partial charge in [0.1, 0.15) is 23.4 Å². The van der Waals surface area contributed by atoms with Crippen LogP contribution in [-0.4, -0.2) is 21.0 Å². The maximum absolute atomic E-state index is 12.1. The van der Waals surface area contributed by atoms with Gasteiger partial charge in [-0.1, -0.05) is 0 Å². The molecule has 7 nitrogen and oxygen atoms in total. The van der Waals surface area contributed by atoms with Crippen LogP contribution < -0.4 is 10.4 Å². The molecular weight excluding hydrogens is 336 g/mol. The molecule has 2 heterocycles. The second-order valence-corrected chi connectivity index (χ2v) is 5.67. The van der Waals surface area contributed by atoms with Crippen molar-refractivity contribution in [3.8, 4) is 11.5 Å². The summed E-state index contributed by atoms with van der Waals surface area (Å²) in [5.74, 6) is -0.229. The number of hydrogen-bond acceptors (Lipinski definition) is 7. The van der Waals surface area contributed by atoms with Crippen LogP contribution in [0.25, 0.3) is 21.7 Å². The predicted octanol–water partition coefficient (Wildman–Crippen LogP) is 2.59. The summed E-state index contributed by atoms with van der Waals surface area (Å²) in [5, 5.41) is 11.2. The first-order valence-corrected chi connectivity index (χ1v) is 7.74. The molecule has 128 valence electrons. The van der Waals surface area contributed by atoms with E-state index in [1.165, 1.54) is 36.9 Å². The number of ether oxygens (including phenoxy) is 1. The van der Waals surface area contributed by atoms with Crippen molar-refractivity contribution in [3.05, 3.63) is 71.1 Å². The SMILES string of the molecule is O=C(Cc1cncnc1)Oc1ccc2c(c1)oc(=O)c1cc(O)ccc12. The Morgan fingerprint density at radius 1 is 1.04 bits per heavy atom. The molecular formula is C19H12N2O5. The number of rotatable bonds is 3. The summed E-state index contributed by atoms with van der Waals surface area (Å²) in [7, 11) is 0. The first-order valence-electron chi connectivity index (χ1n) is 7.74. The van der Waals surface area contributed by atoms with E-state index in [2.05, 4.69) is 9.97 Å². The molecule has 0 saturated carbocycles. The first-order chi connectivity index (χ1) is 12.6. The molecule has 1 N–H and O–H groups in total. The fourth-order valence-corrected chi connectivity index (χ4v) is 2.72. The number of aromatic nitrogens is 2. The van der Waals surface area contributed by atoms with Gasteiger partial charge in [0.05, 0.1) is 11.8 Å². The average Bonchev–Trinajstić information content (AvgIpc) is 2.62. The summed E-state index contributed by atoms with van der Waals surface area (Å²) in [6.45, 7) is 0. The third-order valence-electron chi connectivity index (χ3n) is 3.86. The number of benzene rings is 2. The molecule has 0 radical (unpaired) electrons. The van der Waals surface area contributed by atoms with E-state index in [-0.39, 0.29) is 23.3 Å². The second-order valence-electron chi connectivity index (χ2n) is 5.67. The third kappa shape index (κ3) is 2.98. The molecule has 26 heavy (non-hydrogen) atoms. The van der Waals surface area contributed by atoms with Gasteiger partial charge in [0.2, 0.25) is 0 Å². The van der Waals surface area contributed by atoms with Gasteiger partial charge in [-0.15, -0.1) is 0 Å². The molecule has 0 aliphatic rings. The standard InChI is InChI=1S/C19H12N2O5/c22-12-1-3-14-15-4-2-13(7-17(15)26-19(24)16(14)6-12)25-18(23)5-11-8-20-10-21-9-11/h1-4,6-10,22H,5H2. The van der Waals surface area contributed by atoms with Crippen LogP contribution in [0.4, 0.5) is 0 Å². The summed E-state index contributed by atoms with van der Waals surface area (Å²) in [6.07, 6.45) is 4.48. The largest absolute Gasteiger partial charge is 0.508 e. The second kappa shape index (κ2) is 6.29. The number of carbonyl (C=O) groups is 1. The molecule has 0 atom stereocenters. The van der Waals surface area contributed by atoms with Crippen molar-refractivity contribution in [3.63, 3.8) is 0 Å². The van der Waals surface area contributed by atoms with Crippen molar-refractivity contribution < 1.29 is 19.1 Å². The Morgan fingerprint density at radius 2 is 1.81 bits per heavy atom. The van der Waals surface area contributed by atoms with Crippen molar-refractivity contribution in [2.45, 2.75) is 6.42 Å². The summed E-state index contributed by atoms with van der Waals surface area (Å²) in [6, 6.07) is 9.31. The first kappa shape index (κ1) is 15.8. The van der Waals surface area contributed by atoms with Gasteiger partial charge >= 0.3 is 11.6 Å². The van der Waals surface area contributed by atoms with Gasteiger partial charge in [-0.3, -0.25) is 4.79 Å². The molecule has 0 spiro atoms. The smallest absolute Gasteiger partial charge is 0.344 e. The molecule has 4 rings (SSSR count). The van der Waals surface area contributed by atoms with Gasteiger partial charge in [0.15, 0.2) is 0 Å². The quantitative estimate of drug-likeness (QED) is 0.263. The lowest BCUT2D eigenvalue weighted by Gasteiger charge is -2.07. The van der Waals surface area contributed by atoms with Crippen LogP contribution >= 0.6 is 0 Å². The van der Waals surface area contributed by atoms with E-state index in [9.17, 15) is 14.7 Å². The van der Waals surface area contributed by atoms with Crippen molar-refractivity contribution >= 4 is 27.7 Å². The molecule has 0 fully saturated rings. The van der Waals surface area contributed by atoms with Crippen LogP contribution in [-0.2, 0) is 11.2 Å². The molecule has 0 amide bonds. The number of esters is 1. The van der Waals surface area contributed by atoms with Crippen LogP contribution in [0.1, 0.15) is 5.56 Å². The van der Waals surface area contributed by atoms with Gasteiger partial charge in [0.25, 0.3) is 0 Å². The summed E-state index contributed by atoms with van der Waals surface area (Å²) < 4.78 is 10.6. The highest BCUT2D eigenvalue weighted by molar-refractivity contribution is 6.05. The van der Waals surface area contributed by atoms with Crippen LogP contribution in [0, 0.1) is 0 Å². The summed E-state index contributed by atoms with van der Waals surface area (Å²) in [4.78, 5) is 31.8. The normalized spacial score (nSPS) is 10.9. The Hall–Kier alpha value is -3.74. The minimum atomic E-state index is -0.576. The number of carbonyl (C=O) groups excluding carboxylic acids is 1. The topological polar surface area (TPSA) is 103 Å². The maximum Gasteiger partial charge on any atom is 0.344 e. The number of phenols is 1. The van der Waals surface area contributed by atoms with E-state index in [1.54, 1.807) is 18.2 Å². The number of hydrogen-bond donors (Lipinski definition) is 1. The maximum atomic E-state index is 12.1. The van der Waals surface area contributed by atoms with E-state index < -0.39 is 11.6 Å². The minimum Gasteiger partial charge on any atom is -0.508 e. The van der Waals surface area contributed by atoms with E-state index in [0.717, 1.165) is 0 Å². The number of fused-ring (bicyclic) bond motifs is 3. The summed E-state index contributed by atoms with van der Waals surface area (Å²) >= 11 is 0. The van der Waals surface area contributed by atoms with Gasteiger partial charge < -0.3 is 14.3 Å². The van der Waals surface area contributed by atoms with Crippen molar-refractivity contribution in [2.75, 3.05) is 0 Å². The molecule has 4 aromatic rings. The molecule has 7 heteroatoms. The average molecular weight is 348 g/mol. The number of nitrogens with zero attached hydrogens (tertiary/aromatic N) is 2. The highest BCUT2D eigenvalue weighted by Gasteiger charge is 2.11. The Balaban J connectivity index is 1.67. The van der Waals surface area contributed by atoms with Gasteiger partial charge in [0, 0.05) is 29.2 Å². The van der Waals surface area contributed by atoms with Crippen LogP contribution in [0.5, 0.6) is 11.5 Å². The van der Waals surface area contributed by atoms with Crippen LogP contribution in [0.3, 0.4) is 0 Å². The lowest BCUT2D eigenvalue weighted by atomic mass is 10.1. The zero-order valence-corrected chi connectivity index (χ0v) is 13.4. The highest BCUT2D eigenvalue weighted by atomic mass is 16.5. The van der Waals surface area contributed by atoms with Gasteiger partial charge in [-0.2, -0.15) is 0 Å². The molecule has 2 aromatic heterocycles. The Bertz CT molecular complexity index is 1190. The Morgan fingerprint density at radius 3 is 2.62 bits per heavy atom. The van der Waals surface area contributed by atoms with Crippen molar-refractivity contribution in [2.24, 2.45) is 0 Å². The fraction of sp³-hybridized carbons (Fsp3) is 0.0526. The molecule has 0 aliphatic carbocycles. The van der Waals surface area contributed by atoms with Gasteiger partial charge in [-0.05, 0) is 35.9 Å². The molecule has 2 aromatic carbocycles. The Kier molecular flexibility index (Phi) is 3.81. The van der Waals surface area contributed by atoms with Crippen LogP contribution in [0.2, 0.25) is 0 Å². The number of phenolic OH excluding ortho intramolecular Hbond substituents is 1. The molecule has 0 saturated heterocycles. The molecule has 0 aliphatic heterocycles. The summed E-state index contributed by atoms with van der Waals surface area (Å²) in [5.41, 5.74) is 0.352. The van der Waals surface area contributed by atoms with Crippen molar-refractivity contribution in [1.29, 1.82) is 0 Å². The lowest BCUT2D eigenvalue weighted by molar-refractivity contribution is -0.133. The zero-order chi connectivity index (χ0) is 18.1. The van der Waals surface area contributed by atoms with Crippen LogP contribution in [0.15, 0.2) is 64.3 Å². The fourth-order valence-electron chi connectivity index (χ4n) is 2.72. The van der Waals surface area contributed by atoms with Gasteiger partial charge in [-0.25, -0.2) is 14.8 Å². The minimum absolute atomic E-state index is 0.0143. The van der Waals surface area contributed by atoms with E-state index >= 15 is 0 Å². The monoisotopic (exact) mass is 348 g/mol. The van der Waals surface area contributed by atoms with Crippen molar-refractivity contribution in [1.82, 2.24) is 9.97 Å². The Labute approximate surface area is 146 Å². The highest BCUT2D eigenvalue weighted by Crippen LogP contribution is 2.28. The lowest BCUT2D eigenvalue weighted by Crippen LogP contribution is -2.11. The molecule has 0 unspecified atom stereocenters. The number of aromatic hydroxyl groups is 1. The van der Waals surface area contributed by atoms with E-state index in [4.69, 9.17) is 9.15 Å². The van der Waals surface area contributed by atoms with E-state index in [1.807, 2.05) is 0 Å². The zero-order valence-electron chi connectivity index (χ0n) is 13.4. The molecule has 0 bridgehead atoms. The van der Waals surface area contributed by atoms with E-state index in [0.29, 0.717) is 21.9 Å². The third-order valence-corrected chi connectivity index (χ3v) is 3.86.